The lowest BCUT2D eigenvalue weighted by Gasteiger charge is -2.37. The molecule has 3 rings (SSSR count). The Morgan fingerprint density at radius 3 is 2.89 bits per heavy atom. The summed E-state index contributed by atoms with van der Waals surface area (Å²) in [6.45, 7) is 5.75. The fraction of sp³-hybridized carbons (Fsp3) is 0.438. The largest absolute Gasteiger partial charge is 0.298 e. The molecule has 0 bridgehead atoms. The van der Waals surface area contributed by atoms with Gasteiger partial charge in [0.05, 0.1) is 6.04 Å². The highest BCUT2D eigenvalue weighted by molar-refractivity contribution is 6.30. The first-order chi connectivity index (χ1) is 9.13. The van der Waals surface area contributed by atoms with Crippen LogP contribution in [-0.2, 0) is 17.8 Å². The van der Waals surface area contributed by atoms with Gasteiger partial charge in [0.15, 0.2) is 5.78 Å². The minimum Gasteiger partial charge on any atom is -0.298 e. The van der Waals surface area contributed by atoms with E-state index in [2.05, 4.69) is 17.5 Å². The summed E-state index contributed by atoms with van der Waals surface area (Å²) < 4.78 is 0. The maximum atomic E-state index is 12.2. The van der Waals surface area contributed by atoms with Crippen molar-refractivity contribution in [2.75, 3.05) is 6.54 Å². The number of allylic oxidation sites excluding steroid dienone is 1. The highest BCUT2D eigenvalue weighted by atomic mass is 35.5. The summed E-state index contributed by atoms with van der Waals surface area (Å²) in [5.41, 5.74) is 3.73. The number of carbonyl (C=O) groups excluding carboxylic acids is 1. The molecule has 1 heterocycles. The molecule has 1 fully saturated rings. The quantitative estimate of drug-likeness (QED) is 0.733. The fourth-order valence-corrected chi connectivity index (χ4v) is 3.35. The van der Waals surface area contributed by atoms with Crippen molar-refractivity contribution in [3.63, 3.8) is 0 Å². The Labute approximate surface area is 119 Å². The van der Waals surface area contributed by atoms with Crippen LogP contribution in [0.3, 0.4) is 0 Å². The van der Waals surface area contributed by atoms with Crippen LogP contribution in [0, 0.1) is 0 Å². The van der Waals surface area contributed by atoms with Gasteiger partial charge in [0.1, 0.15) is 0 Å². The smallest absolute Gasteiger partial charge is 0.153 e. The Morgan fingerprint density at radius 2 is 2.11 bits per heavy atom. The molecule has 100 valence electrons. The van der Waals surface area contributed by atoms with Crippen molar-refractivity contribution in [1.29, 1.82) is 0 Å². The van der Waals surface area contributed by atoms with E-state index in [1.165, 1.54) is 11.1 Å². The second-order valence-electron chi connectivity index (χ2n) is 5.58. The summed E-state index contributed by atoms with van der Waals surface area (Å²) in [6, 6.07) is 6.18. The van der Waals surface area contributed by atoms with Gasteiger partial charge < -0.3 is 0 Å². The standard InChI is InChI=1S/C16H18ClNO/c1-11-2-5-15(16(19)8-11)18-7-6-12-3-4-14(17)9-13(12)10-18/h3-4,9,15H,1-2,5-8,10H2. The summed E-state index contributed by atoms with van der Waals surface area (Å²) >= 11 is 6.06. The van der Waals surface area contributed by atoms with E-state index in [9.17, 15) is 4.79 Å². The Bertz CT molecular complexity index is 538. The van der Waals surface area contributed by atoms with Gasteiger partial charge in [-0.15, -0.1) is 0 Å². The van der Waals surface area contributed by atoms with Gasteiger partial charge in [-0.25, -0.2) is 0 Å². The van der Waals surface area contributed by atoms with E-state index in [0.717, 1.165) is 42.9 Å². The van der Waals surface area contributed by atoms with Crippen molar-refractivity contribution in [1.82, 2.24) is 4.90 Å². The number of rotatable bonds is 1. The Balaban J connectivity index is 1.78. The van der Waals surface area contributed by atoms with Gasteiger partial charge >= 0.3 is 0 Å². The van der Waals surface area contributed by atoms with E-state index in [-0.39, 0.29) is 6.04 Å². The molecule has 2 aliphatic rings. The first kappa shape index (κ1) is 12.9. The topological polar surface area (TPSA) is 20.3 Å². The Hall–Kier alpha value is -1.12. The predicted molar refractivity (Wildman–Crippen MR) is 77.4 cm³/mol. The SMILES string of the molecule is C=C1CCC(N2CCc3ccc(Cl)cc3C2)C(=O)C1. The maximum Gasteiger partial charge on any atom is 0.153 e. The molecule has 1 aliphatic carbocycles. The average Bonchev–Trinajstić information content (AvgIpc) is 2.38. The normalized spacial score (nSPS) is 24.4. The molecule has 1 atom stereocenters. The Morgan fingerprint density at radius 1 is 1.26 bits per heavy atom. The molecule has 3 heteroatoms. The van der Waals surface area contributed by atoms with E-state index in [0.29, 0.717) is 12.2 Å². The zero-order chi connectivity index (χ0) is 13.4. The number of Topliss-reactive ketones (excluding diaryl/α,β-unsaturated/α-hetero) is 1. The molecule has 0 spiro atoms. The summed E-state index contributed by atoms with van der Waals surface area (Å²) in [4.78, 5) is 14.5. The van der Waals surface area contributed by atoms with Crippen molar-refractivity contribution < 1.29 is 4.79 Å². The van der Waals surface area contributed by atoms with Gasteiger partial charge in [-0.2, -0.15) is 0 Å². The molecule has 0 aromatic heterocycles. The van der Waals surface area contributed by atoms with Crippen LogP contribution in [0.1, 0.15) is 30.4 Å². The van der Waals surface area contributed by atoms with Gasteiger partial charge in [-0.1, -0.05) is 29.8 Å². The maximum absolute atomic E-state index is 12.2. The number of fused-ring (bicyclic) bond motifs is 1. The fourth-order valence-electron chi connectivity index (χ4n) is 3.15. The number of hydrogen-bond donors (Lipinski definition) is 0. The molecule has 19 heavy (non-hydrogen) atoms. The second kappa shape index (κ2) is 5.10. The number of nitrogens with zero attached hydrogens (tertiary/aromatic N) is 1. The molecule has 1 aromatic rings. The third-order valence-corrected chi connectivity index (χ3v) is 4.45. The summed E-state index contributed by atoms with van der Waals surface area (Å²) in [5, 5.41) is 0.781. The van der Waals surface area contributed by atoms with Gasteiger partial charge in [0.2, 0.25) is 0 Å². The monoisotopic (exact) mass is 275 g/mol. The number of benzene rings is 1. The molecule has 0 saturated heterocycles. The van der Waals surface area contributed by atoms with Crippen molar-refractivity contribution in [3.8, 4) is 0 Å². The molecule has 0 radical (unpaired) electrons. The van der Waals surface area contributed by atoms with Crippen LogP contribution in [0.25, 0.3) is 0 Å². The van der Waals surface area contributed by atoms with Crippen LogP contribution in [0.15, 0.2) is 30.4 Å². The minimum absolute atomic E-state index is 0.0811. The van der Waals surface area contributed by atoms with E-state index < -0.39 is 0 Å². The number of ketones is 1. The zero-order valence-electron chi connectivity index (χ0n) is 11.0. The number of carbonyl (C=O) groups is 1. The highest BCUT2D eigenvalue weighted by Crippen LogP contribution is 2.29. The van der Waals surface area contributed by atoms with Crippen LogP contribution in [0.5, 0.6) is 0 Å². The molecule has 1 aromatic carbocycles. The van der Waals surface area contributed by atoms with Crippen LogP contribution in [0.4, 0.5) is 0 Å². The molecule has 1 unspecified atom stereocenters. The average molecular weight is 276 g/mol. The van der Waals surface area contributed by atoms with Crippen molar-refractivity contribution in [2.24, 2.45) is 0 Å². The van der Waals surface area contributed by atoms with E-state index >= 15 is 0 Å². The van der Waals surface area contributed by atoms with Crippen molar-refractivity contribution >= 4 is 17.4 Å². The van der Waals surface area contributed by atoms with Crippen LogP contribution in [-0.4, -0.2) is 23.3 Å². The van der Waals surface area contributed by atoms with Crippen molar-refractivity contribution in [2.45, 2.75) is 38.3 Å². The van der Waals surface area contributed by atoms with Gasteiger partial charge in [-0.3, -0.25) is 9.69 Å². The van der Waals surface area contributed by atoms with E-state index in [1.807, 2.05) is 12.1 Å². The lowest BCUT2D eigenvalue weighted by atomic mass is 9.88. The van der Waals surface area contributed by atoms with Crippen LogP contribution >= 0.6 is 11.6 Å². The first-order valence-corrected chi connectivity index (χ1v) is 7.22. The van der Waals surface area contributed by atoms with Gasteiger partial charge in [0, 0.05) is 24.5 Å². The molecular weight excluding hydrogens is 258 g/mol. The first-order valence-electron chi connectivity index (χ1n) is 6.84. The van der Waals surface area contributed by atoms with Gasteiger partial charge in [0.25, 0.3) is 0 Å². The molecule has 1 aliphatic heterocycles. The van der Waals surface area contributed by atoms with Crippen LogP contribution < -0.4 is 0 Å². The molecule has 2 nitrogen and oxygen atoms in total. The summed E-state index contributed by atoms with van der Waals surface area (Å²) in [5.74, 6) is 0.335. The molecule has 0 amide bonds. The van der Waals surface area contributed by atoms with Crippen molar-refractivity contribution in [3.05, 3.63) is 46.5 Å². The third-order valence-electron chi connectivity index (χ3n) is 4.22. The highest BCUT2D eigenvalue weighted by Gasteiger charge is 2.31. The molecular formula is C16H18ClNO. The molecule has 0 N–H and O–H groups in total. The predicted octanol–water partition coefficient (Wildman–Crippen LogP) is 3.38. The second-order valence-corrected chi connectivity index (χ2v) is 6.02. The zero-order valence-corrected chi connectivity index (χ0v) is 11.7. The lowest BCUT2D eigenvalue weighted by molar-refractivity contribution is -0.125. The summed E-state index contributed by atoms with van der Waals surface area (Å²) in [7, 11) is 0. The number of halogens is 1. The van der Waals surface area contributed by atoms with E-state index in [1.54, 1.807) is 0 Å². The summed E-state index contributed by atoms with van der Waals surface area (Å²) in [6.07, 6.45) is 3.48. The minimum atomic E-state index is 0.0811. The van der Waals surface area contributed by atoms with Gasteiger partial charge in [-0.05, 0) is 42.5 Å². The number of hydrogen-bond acceptors (Lipinski definition) is 2. The van der Waals surface area contributed by atoms with Crippen LogP contribution in [0.2, 0.25) is 5.02 Å². The third kappa shape index (κ3) is 2.60. The van der Waals surface area contributed by atoms with E-state index in [4.69, 9.17) is 11.6 Å². The lowest BCUT2D eigenvalue weighted by Crippen LogP contribution is -2.45. The molecule has 1 saturated carbocycles. The Kier molecular flexibility index (Phi) is 3.46.